The van der Waals surface area contributed by atoms with Crippen molar-refractivity contribution in [3.8, 4) is 6.07 Å². The van der Waals surface area contributed by atoms with Gasteiger partial charge in [-0.2, -0.15) is 9.57 Å². The maximum atomic E-state index is 12.6. The molecule has 0 radical (unpaired) electrons. The molecule has 1 aliphatic rings. The molecule has 0 N–H and O–H groups in total. The smallest absolute Gasteiger partial charge is 0.243 e. The Kier molecular flexibility index (Phi) is 4.67. The van der Waals surface area contributed by atoms with E-state index in [0.29, 0.717) is 31.1 Å². The van der Waals surface area contributed by atoms with Crippen molar-refractivity contribution in [3.05, 3.63) is 29.3 Å². The Morgan fingerprint density at radius 1 is 1.14 bits per heavy atom. The number of nitrogens with zero attached hydrogens (tertiary/aromatic N) is 3. The Morgan fingerprint density at radius 2 is 1.76 bits per heavy atom. The van der Waals surface area contributed by atoms with Crippen molar-refractivity contribution in [3.63, 3.8) is 0 Å². The lowest BCUT2D eigenvalue weighted by atomic mass is 10.1. The van der Waals surface area contributed by atoms with E-state index in [1.54, 1.807) is 12.1 Å². The van der Waals surface area contributed by atoms with Gasteiger partial charge < -0.3 is 0 Å². The van der Waals surface area contributed by atoms with Crippen LogP contribution in [0.25, 0.3) is 0 Å². The fourth-order valence-electron chi connectivity index (χ4n) is 2.44. The summed E-state index contributed by atoms with van der Waals surface area (Å²) in [6, 6.07) is 7.26. The van der Waals surface area contributed by atoms with E-state index < -0.39 is 10.0 Å². The second kappa shape index (κ2) is 6.14. The fraction of sp³-hybridized carbons (Fsp3) is 0.533. The van der Waals surface area contributed by atoms with E-state index in [2.05, 4.69) is 6.07 Å². The van der Waals surface area contributed by atoms with E-state index in [1.165, 1.54) is 4.31 Å². The zero-order chi connectivity index (χ0) is 15.6. The topological polar surface area (TPSA) is 64.4 Å². The fourth-order valence-corrected chi connectivity index (χ4v) is 3.94. The number of hydrogen-bond donors (Lipinski definition) is 0. The first-order valence-corrected chi connectivity index (χ1v) is 8.51. The highest BCUT2D eigenvalue weighted by atomic mass is 32.2. The normalized spacial score (nSPS) is 19.1. The van der Waals surface area contributed by atoms with E-state index in [1.807, 2.05) is 31.7 Å². The van der Waals surface area contributed by atoms with E-state index in [4.69, 9.17) is 5.26 Å². The van der Waals surface area contributed by atoms with Gasteiger partial charge in [0.05, 0.1) is 17.0 Å². The van der Waals surface area contributed by atoms with Gasteiger partial charge in [0.15, 0.2) is 0 Å². The highest BCUT2D eigenvalue weighted by Gasteiger charge is 2.30. The number of sulfonamides is 1. The van der Waals surface area contributed by atoms with Gasteiger partial charge in [0.25, 0.3) is 0 Å². The van der Waals surface area contributed by atoms with Crippen LogP contribution in [0.15, 0.2) is 23.1 Å². The third-order valence-electron chi connectivity index (χ3n) is 4.12. The molecule has 0 spiro atoms. The van der Waals surface area contributed by atoms with Gasteiger partial charge in [-0.3, -0.25) is 4.90 Å². The quantitative estimate of drug-likeness (QED) is 0.849. The largest absolute Gasteiger partial charge is 0.286 e. The van der Waals surface area contributed by atoms with Crippen LogP contribution in [0, 0.1) is 25.2 Å². The first-order valence-electron chi connectivity index (χ1n) is 7.07. The first kappa shape index (κ1) is 16.0. The molecule has 0 bridgehead atoms. The van der Waals surface area contributed by atoms with Gasteiger partial charge in [-0.1, -0.05) is 6.07 Å². The molecular weight excluding hydrogens is 286 g/mol. The summed E-state index contributed by atoms with van der Waals surface area (Å²) in [6.07, 6.45) is 0. The van der Waals surface area contributed by atoms with Crippen molar-refractivity contribution in [2.75, 3.05) is 26.2 Å². The van der Waals surface area contributed by atoms with E-state index in [-0.39, 0.29) is 6.04 Å². The third-order valence-corrected chi connectivity index (χ3v) is 6.02. The summed E-state index contributed by atoms with van der Waals surface area (Å²) in [7, 11) is -3.43. The van der Waals surface area contributed by atoms with E-state index in [9.17, 15) is 8.42 Å². The molecule has 1 atom stereocenters. The van der Waals surface area contributed by atoms with Crippen LogP contribution in [0.5, 0.6) is 0 Å². The van der Waals surface area contributed by atoms with Gasteiger partial charge in [-0.15, -0.1) is 0 Å². The summed E-state index contributed by atoms with van der Waals surface area (Å²) in [5.41, 5.74) is 2.06. The van der Waals surface area contributed by atoms with Gasteiger partial charge in [0.2, 0.25) is 10.0 Å². The summed E-state index contributed by atoms with van der Waals surface area (Å²) in [5, 5.41) is 8.92. The minimum atomic E-state index is -3.43. The lowest BCUT2D eigenvalue weighted by Crippen LogP contribution is -2.50. The summed E-state index contributed by atoms with van der Waals surface area (Å²) in [6.45, 7) is 7.78. The molecule has 21 heavy (non-hydrogen) atoms. The van der Waals surface area contributed by atoms with Crippen molar-refractivity contribution in [1.82, 2.24) is 9.21 Å². The van der Waals surface area contributed by atoms with Crippen LogP contribution in [0.1, 0.15) is 18.1 Å². The molecular formula is C15H21N3O2S. The molecule has 1 heterocycles. The van der Waals surface area contributed by atoms with E-state index in [0.717, 1.165) is 11.1 Å². The van der Waals surface area contributed by atoms with Gasteiger partial charge >= 0.3 is 0 Å². The number of nitriles is 1. The second-order valence-corrected chi connectivity index (χ2v) is 7.43. The predicted octanol–water partition coefficient (Wildman–Crippen LogP) is 1.52. The average Bonchev–Trinajstić information content (AvgIpc) is 2.49. The molecule has 0 aromatic heterocycles. The highest BCUT2D eigenvalue weighted by molar-refractivity contribution is 7.89. The summed E-state index contributed by atoms with van der Waals surface area (Å²) in [4.78, 5) is 2.36. The number of aryl methyl sites for hydroxylation is 2. The molecule has 0 aliphatic carbocycles. The van der Waals surface area contributed by atoms with Crippen molar-refractivity contribution in [2.45, 2.75) is 31.7 Å². The standard InChI is InChI=1S/C15H21N3O2S/c1-12-4-5-15(10-13(12)2)21(19,20)18-8-6-17(7-9-18)14(3)11-16/h4-5,10,14H,6-9H2,1-3H3/t14-/m0/s1. The number of hydrogen-bond acceptors (Lipinski definition) is 4. The maximum Gasteiger partial charge on any atom is 0.243 e. The van der Waals surface area contributed by atoms with Crippen LogP contribution in [0.2, 0.25) is 0 Å². The molecule has 1 aromatic rings. The van der Waals surface area contributed by atoms with Gasteiger partial charge in [0.1, 0.15) is 0 Å². The van der Waals surface area contributed by atoms with Crippen LogP contribution >= 0.6 is 0 Å². The molecule has 0 amide bonds. The molecule has 2 rings (SSSR count). The van der Waals surface area contributed by atoms with Crippen molar-refractivity contribution in [1.29, 1.82) is 5.26 Å². The zero-order valence-corrected chi connectivity index (χ0v) is 13.5. The monoisotopic (exact) mass is 307 g/mol. The number of rotatable bonds is 3. The lowest BCUT2D eigenvalue weighted by Gasteiger charge is -2.35. The molecule has 1 aromatic carbocycles. The van der Waals surface area contributed by atoms with E-state index >= 15 is 0 Å². The lowest BCUT2D eigenvalue weighted by molar-refractivity contribution is 0.169. The summed E-state index contributed by atoms with van der Waals surface area (Å²) < 4.78 is 26.8. The Bertz CT molecular complexity index is 656. The van der Waals surface area contributed by atoms with Gasteiger partial charge in [-0.25, -0.2) is 8.42 Å². The third kappa shape index (κ3) is 3.26. The Morgan fingerprint density at radius 3 is 2.29 bits per heavy atom. The number of benzene rings is 1. The molecule has 5 nitrogen and oxygen atoms in total. The van der Waals surface area contributed by atoms with Gasteiger partial charge in [-0.05, 0) is 44.0 Å². The molecule has 114 valence electrons. The summed E-state index contributed by atoms with van der Waals surface area (Å²) >= 11 is 0. The number of piperazine rings is 1. The van der Waals surface area contributed by atoms with Crippen LogP contribution in [-0.4, -0.2) is 49.8 Å². The molecule has 6 heteroatoms. The second-order valence-electron chi connectivity index (χ2n) is 5.49. The van der Waals surface area contributed by atoms with Crippen LogP contribution in [-0.2, 0) is 10.0 Å². The molecule has 1 fully saturated rings. The Hall–Kier alpha value is -1.42. The minimum Gasteiger partial charge on any atom is -0.286 e. The zero-order valence-electron chi connectivity index (χ0n) is 12.7. The van der Waals surface area contributed by atoms with Crippen LogP contribution in [0.4, 0.5) is 0 Å². The predicted molar refractivity (Wildman–Crippen MR) is 81.3 cm³/mol. The molecule has 1 aliphatic heterocycles. The van der Waals surface area contributed by atoms with Crippen molar-refractivity contribution in [2.24, 2.45) is 0 Å². The first-order chi connectivity index (χ1) is 9.86. The summed E-state index contributed by atoms with van der Waals surface area (Å²) in [5.74, 6) is 0. The SMILES string of the molecule is Cc1ccc(S(=O)(=O)N2CCN([C@@H](C)C#N)CC2)cc1C. The highest BCUT2D eigenvalue weighted by Crippen LogP contribution is 2.20. The van der Waals surface area contributed by atoms with Gasteiger partial charge in [0, 0.05) is 26.2 Å². The molecule has 1 saturated heterocycles. The maximum absolute atomic E-state index is 12.6. The average molecular weight is 307 g/mol. The van der Waals surface area contributed by atoms with Crippen LogP contribution < -0.4 is 0 Å². The minimum absolute atomic E-state index is 0.170. The molecule has 0 saturated carbocycles. The Labute approximate surface area is 126 Å². The molecule has 0 unspecified atom stereocenters. The Balaban J connectivity index is 2.15. The van der Waals surface area contributed by atoms with Crippen LogP contribution in [0.3, 0.4) is 0 Å². The van der Waals surface area contributed by atoms with Crippen molar-refractivity contribution >= 4 is 10.0 Å². The van der Waals surface area contributed by atoms with Crippen molar-refractivity contribution < 1.29 is 8.42 Å².